The molecule has 0 atom stereocenters. The lowest BCUT2D eigenvalue weighted by atomic mass is 10.1. The third-order valence-corrected chi connectivity index (χ3v) is 5.74. The number of nitrogens with one attached hydrogen (secondary N) is 1. The van der Waals surface area contributed by atoms with Gasteiger partial charge in [-0.1, -0.05) is 42.5 Å². The van der Waals surface area contributed by atoms with Crippen LogP contribution < -0.4 is 15.8 Å². The first-order chi connectivity index (χ1) is 15.6. The molecule has 1 saturated heterocycles. The van der Waals surface area contributed by atoms with Crippen LogP contribution in [0.15, 0.2) is 82.7 Å². The molecule has 0 spiro atoms. The number of aromatic nitrogens is 1. The normalized spacial score (nSPS) is 14.0. The Balaban J connectivity index is 0.00000306. The third kappa shape index (κ3) is 6.28. The first-order valence-electron chi connectivity index (χ1n) is 10.9. The number of pyridine rings is 1. The van der Waals surface area contributed by atoms with Gasteiger partial charge in [-0.15, -0.1) is 24.0 Å². The molecule has 0 unspecified atom stereocenters. The SMILES string of the molecule is CN=C(NCc1ccc(Cn2ccccc2=O)cc1)N1CCN(c2ccccc2O)CC1.I. The molecule has 3 aromatic rings. The molecule has 0 amide bonds. The molecule has 8 heteroatoms. The minimum absolute atomic E-state index is 0. The Kier molecular flexibility index (Phi) is 8.76. The molecular formula is C25H30IN5O2. The molecule has 33 heavy (non-hydrogen) atoms. The molecule has 1 fully saturated rings. The summed E-state index contributed by atoms with van der Waals surface area (Å²) in [5, 5.41) is 13.6. The van der Waals surface area contributed by atoms with E-state index >= 15 is 0 Å². The van der Waals surface area contributed by atoms with E-state index in [9.17, 15) is 9.90 Å². The predicted octanol–water partition coefficient (Wildman–Crippen LogP) is 3.12. The molecule has 2 aromatic carbocycles. The van der Waals surface area contributed by atoms with Gasteiger partial charge in [0.1, 0.15) is 5.75 Å². The fourth-order valence-electron chi connectivity index (χ4n) is 3.95. The van der Waals surface area contributed by atoms with Crippen LogP contribution in [-0.2, 0) is 13.1 Å². The maximum absolute atomic E-state index is 11.9. The van der Waals surface area contributed by atoms with Crippen molar-refractivity contribution in [1.29, 1.82) is 0 Å². The van der Waals surface area contributed by atoms with Crippen molar-refractivity contribution in [3.63, 3.8) is 0 Å². The molecule has 0 saturated carbocycles. The minimum Gasteiger partial charge on any atom is -0.506 e. The number of phenols is 1. The largest absolute Gasteiger partial charge is 0.506 e. The van der Waals surface area contributed by atoms with Crippen molar-refractivity contribution in [2.45, 2.75) is 13.1 Å². The van der Waals surface area contributed by atoms with E-state index in [1.807, 2.05) is 24.3 Å². The maximum atomic E-state index is 11.9. The molecule has 7 nitrogen and oxygen atoms in total. The van der Waals surface area contributed by atoms with Crippen LogP contribution in [0.2, 0.25) is 0 Å². The number of aliphatic imine (C=N–C) groups is 1. The Labute approximate surface area is 211 Å². The van der Waals surface area contributed by atoms with Gasteiger partial charge in [-0.05, 0) is 29.3 Å². The monoisotopic (exact) mass is 559 g/mol. The van der Waals surface area contributed by atoms with Gasteiger partial charge in [0.05, 0.1) is 12.2 Å². The smallest absolute Gasteiger partial charge is 0.250 e. The summed E-state index contributed by atoms with van der Waals surface area (Å²) in [6.07, 6.45) is 1.81. The van der Waals surface area contributed by atoms with Gasteiger partial charge in [0, 0.05) is 52.0 Å². The summed E-state index contributed by atoms with van der Waals surface area (Å²) in [5.41, 5.74) is 3.13. The van der Waals surface area contributed by atoms with E-state index in [0.717, 1.165) is 49.0 Å². The summed E-state index contributed by atoms with van der Waals surface area (Å²) < 4.78 is 1.70. The van der Waals surface area contributed by atoms with E-state index in [1.165, 1.54) is 0 Å². The fourth-order valence-corrected chi connectivity index (χ4v) is 3.95. The van der Waals surface area contributed by atoms with Gasteiger partial charge in [-0.3, -0.25) is 9.79 Å². The first-order valence-corrected chi connectivity index (χ1v) is 10.9. The molecule has 1 aliphatic rings. The summed E-state index contributed by atoms with van der Waals surface area (Å²) in [6, 6.07) is 21.0. The zero-order chi connectivity index (χ0) is 22.3. The van der Waals surface area contributed by atoms with Crippen LogP contribution in [0.25, 0.3) is 0 Å². The highest BCUT2D eigenvalue weighted by atomic mass is 127. The highest BCUT2D eigenvalue weighted by molar-refractivity contribution is 14.0. The number of nitrogens with zero attached hydrogens (tertiary/aromatic N) is 4. The van der Waals surface area contributed by atoms with Crippen LogP contribution in [-0.4, -0.2) is 53.8 Å². The number of benzene rings is 2. The van der Waals surface area contributed by atoms with Crippen LogP contribution in [0.1, 0.15) is 11.1 Å². The summed E-state index contributed by atoms with van der Waals surface area (Å²) in [7, 11) is 1.80. The lowest BCUT2D eigenvalue weighted by Crippen LogP contribution is -2.52. The number of aromatic hydroxyl groups is 1. The van der Waals surface area contributed by atoms with Crippen LogP contribution in [0.4, 0.5) is 5.69 Å². The van der Waals surface area contributed by atoms with Gasteiger partial charge in [0.2, 0.25) is 0 Å². The molecule has 0 aliphatic carbocycles. The topological polar surface area (TPSA) is 73.1 Å². The average Bonchev–Trinajstić information content (AvgIpc) is 2.83. The van der Waals surface area contributed by atoms with E-state index < -0.39 is 0 Å². The lowest BCUT2D eigenvalue weighted by molar-refractivity contribution is 0.369. The van der Waals surface area contributed by atoms with Gasteiger partial charge < -0.3 is 24.8 Å². The van der Waals surface area contributed by atoms with Gasteiger partial charge in [-0.25, -0.2) is 0 Å². The average molecular weight is 559 g/mol. The molecule has 2 N–H and O–H groups in total. The van der Waals surface area contributed by atoms with Crippen molar-refractivity contribution in [3.8, 4) is 5.75 Å². The lowest BCUT2D eigenvalue weighted by Gasteiger charge is -2.37. The van der Waals surface area contributed by atoms with Crippen molar-refractivity contribution in [3.05, 3.63) is 94.4 Å². The number of guanidine groups is 1. The number of hydrogen-bond acceptors (Lipinski definition) is 4. The Hall–Kier alpha value is -3.01. The Morgan fingerprint density at radius 2 is 1.61 bits per heavy atom. The molecule has 174 valence electrons. The van der Waals surface area contributed by atoms with Crippen LogP contribution >= 0.6 is 24.0 Å². The van der Waals surface area contributed by atoms with E-state index in [0.29, 0.717) is 18.8 Å². The highest BCUT2D eigenvalue weighted by Crippen LogP contribution is 2.27. The number of hydrogen-bond donors (Lipinski definition) is 2. The number of para-hydroxylation sites is 2. The van der Waals surface area contributed by atoms with Crippen molar-refractivity contribution >= 4 is 35.6 Å². The second-order valence-corrected chi connectivity index (χ2v) is 7.85. The van der Waals surface area contributed by atoms with Crippen molar-refractivity contribution in [1.82, 2.24) is 14.8 Å². The molecule has 2 heterocycles. The maximum Gasteiger partial charge on any atom is 0.250 e. The van der Waals surface area contributed by atoms with Crippen LogP contribution in [0.5, 0.6) is 5.75 Å². The molecule has 0 radical (unpaired) electrons. The standard InChI is InChI=1S/C25H29N5O2.HI/c1-26-25(29-16-14-28(15-17-29)22-6-2-3-7-23(22)31)27-18-20-9-11-21(12-10-20)19-30-13-5-4-8-24(30)32;/h2-13,31H,14-19H2,1H3,(H,26,27);1H. The van der Waals surface area contributed by atoms with E-state index in [1.54, 1.807) is 36.0 Å². The third-order valence-electron chi connectivity index (χ3n) is 5.74. The molecular weight excluding hydrogens is 529 g/mol. The number of piperazine rings is 1. The summed E-state index contributed by atoms with van der Waals surface area (Å²) in [4.78, 5) is 20.8. The van der Waals surface area contributed by atoms with Gasteiger partial charge >= 0.3 is 0 Å². The van der Waals surface area contributed by atoms with Crippen molar-refractivity contribution in [2.24, 2.45) is 4.99 Å². The molecule has 4 rings (SSSR count). The van der Waals surface area contributed by atoms with Crippen LogP contribution in [0, 0.1) is 0 Å². The molecule has 1 aliphatic heterocycles. The van der Waals surface area contributed by atoms with E-state index in [-0.39, 0.29) is 29.5 Å². The number of halogens is 1. The summed E-state index contributed by atoms with van der Waals surface area (Å²) in [6.45, 7) is 4.56. The predicted molar refractivity (Wildman–Crippen MR) is 144 cm³/mol. The Morgan fingerprint density at radius 3 is 2.27 bits per heavy atom. The molecule has 0 bridgehead atoms. The highest BCUT2D eigenvalue weighted by Gasteiger charge is 2.21. The van der Waals surface area contributed by atoms with E-state index in [4.69, 9.17) is 0 Å². The van der Waals surface area contributed by atoms with Gasteiger partial charge in [-0.2, -0.15) is 0 Å². The zero-order valence-corrected chi connectivity index (χ0v) is 21.1. The van der Waals surface area contributed by atoms with Crippen molar-refractivity contribution in [2.75, 3.05) is 38.1 Å². The summed E-state index contributed by atoms with van der Waals surface area (Å²) >= 11 is 0. The number of phenolic OH excluding ortho intramolecular Hbond substituents is 1. The first kappa shape index (κ1) is 24.6. The van der Waals surface area contributed by atoms with Crippen molar-refractivity contribution < 1.29 is 5.11 Å². The second-order valence-electron chi connectivity index (χ2n) is 7.85. The Bertz CT molecular complexity index is 1120. The van der Waals surface area contributed by atoms with Gasteiger partial charge in [0.15, 0.2) is 5.96 Å². The number of anilines is 1. The molecule has 1 aromatic heterocycles. The zero-order valence-electron chi connectivity index (χ0n) is 18.7. The second kappa shape index (κ2) is 11.7. The summed E-state index contributed by atoms with van der Waals surface area (Å²) in [5.74, 6) is 1.20. The fraction of sp³-hybridized carbons (Fsp3) is 0.280. The van der Waals surface area contributed by atoms with Crippen LogP contribution in [0.3, 0.4) is 0 Å². The van der Waals surface area contributed by atoms with Gasteiger partial charge in [0.25, 0.3) is 5.56 Å². The number of rotatable bonds is 5. The Morgan fingerprint density at radius 1 is 0.939 bits per heavy atom. The van der Waals surface area contributed by atoms with E-state index in [2.05, 4.69) is 44.4 Å². The quantitative estimate of drug-likeness (QED) is 0.286. The minimum atomic E-state index is 0.